The van der Waals surface area contributed by atoms with E-state index in [-0.39, 0.29) is 0 Å². The van der Waals surface area contributed by atoms with Crippen molar-refractivity contribution < 1.29 is 8.83 Å². The lowest BCUT2D eigenvalue weighted by molar-refractivity contribution is 0.664. The number of anilines is 3. The second-order valence-electron chi connectivity index (χ2n) is 11.4. The van der Waals surface area contributed by atoms with Gasteiger partial charge in [0.25, 0.3) is 0 Å². The van der Waals surface area contributed by atoms with Crippen LogP contribution in [0.3, 0.4) is 0 Å². The lowest BCUT2D eigenvalue weighted by Gasteiger charge is -2.25. The largest absolute Gasteiger partial charge is 0.456 e. The molecule has 3 heteroatoms. The van der Waals surface area contributed by atoms with Crippen LogP contribution in [0.4, 0.5) is 17.1 Å². The zero-order chi connectivity index (χ0) is 29.7. The smallest absolute Gasteiger partial charge is 0.137 e. The molecule has 0 saturated heterocycles. The van der Waals surface area contributed by atoms with Crippen LogP contribution in [0.1, 0.15) is 0 Å². The van der Waals surface area contributed by atoms with Crippen molar-refractivity contribution in [2.45, 2.75) is 0 Å². The highest BCUT2D eigenvalue weighted by molar-refractivity contribution is 6.18. The molecular weight excluding hydrogens is 550 g/mol. The van der Waals surface area contributed by atoms with Gasteiger partial charge in [0.05, 0.1) is 0 Å². The van der Waals surface area contributed by atoms with Crippen LogP contribution < -0.4 is 4.90 Å². The number of nitrogens with zero attached hydrogens (tertiary/aromatic N) is 1. The summed E-state index contributed by atoms with van der Waals surface area (Å²) >= 11 is 0. The lowest BCUT2D eigenvalue weighted by Crippen LogP contribution is -2.09. The predicted molar refractivity (Wildman–Crippen MR) is 187 cm³/mol. The maximum absolute atomic E-state index is 6.60. The number of benzene rings is 7. The SMILES string of the molecule is c1ccc(-c2ccc(N(c3ccccc3)c3ccc4c(c3)oc3cc5c(cc34)oc3cccc(-c4ccccc4)c35)cc2)cc1. The molecule has 0 aliphatic rings. The van der Waals surface area contributed by atoms with E-state index in [4.69, 9.17) is 8.83 Å². The molecule has 0 atom stereocenters. The fourth-order valence-electron chi connectivity index (χ4n) is 6.54. The van der Waals surface area contributed by atoms with E-state index < -0.39 is 0 Å². The van der Waals surface area contributed by atoms with Crippen LogP contribution in [0.5, 0.6) is 0 Å². The van der Waals surface area contributed by atoms with Gasteiger partial charge >= 0.3 is 0 Å². The van der Waals surface area contributed by atoms with Crippen molar-refractivity contribution in [2.24, 2.45) is 0 Å². The number of hydrogen-bond acceptors (Lipinski definition) is 3. The molecule has 0 fully saturated rings. The maximum Gasteiger partial charge on any atom is 0.137 e. The van der Waals surface area contributed by atoms with Crippen molar-refractivity contribution in [3.05, 3.63) is 164 Å². The fraction of sp³-hybridized carbons (Fsp3) is 0. The van der Waals surface area contributed by atoms with Crippen molar-refractivity contribution >= 4 is 60.9 Å². The van der Waals surface area contributed by atoms with Crippen LogP contribution in [0.25, 0.3) is 66.1 Å². The summed E-state index contributed by atoms with van der Waals surface area (Å²) in [6, 6.07) is 57.1. The summed E-state index contributed by atoms with van der Waals surface area (Å²) in [5.41, 5.74) is 11.3. The molecular formula is C42H27NO2. The molecule has 0 saturated carbocycles. The van der Waals surface area contributed by atoms with E-state index in [1.165, 1.54) is 11.1 Å². The highest BCUT2D eigenvalue weighted by Crippen LogP contribution is 2.42. The minimum atomic E-state index is 0.838. The quantitative estimate of drug-likeness (QED) is 0.204. The third kappa shape index (κ3) is 4.29. The van der Waals surface area contributed by atoms with Gasteiger partial charge in [0.1, 0.15) is 22.3 Å². The molecule has 0 radical (unpaired) electrons. The Labute approximate surface area is 260 Å². The topological polar surface area (TPSA) is 29.5 Å². The highest BCUT2D eigenvalue weighted by Gasteiger charge is 2.18. The van der Waals surface area contributed by atoms with Crippen molar-refractivity contribution in [2.75, 3.05) is 4.90 Å². The van der Waals surface area contributed by atoms with Crippen LogP contribution in [0, 0.1) is 0 Å². The van der Waals surface area contributed by atoms with Gasteiger partial charge in [-0.05, 0) is 76.9 Å². The van der Waals surface area contributed by atoms with Gasteiger partial charge in [-0.2, -0.15) is 0 Å². The van der Waals surface area contributed by atoms with Crippen molar-refractivity contribution in [3.63, 3.8) is 0 Å². The van der Waals surface area contributed by atoms with Crippen LogP contribution in [-0.4, -0.2) is 0 Å². The summed E-state index contributed by atoms with van der Waals surface area (Å²) in [6.45, 7) is 0. The molecule has 9 rings (SSSR count). The van der Waals surface area contributed by atoms with Crippen molar-refractivity contribution in [1.29, 1.82) is 0 Å². The Morgan fingerprint density at radius 2 is 0.889 bits per heavy atom. The second-order valence-corrected chi connectivity index (χ2v) is 11.4. The van der Waals surface area contributed by atoms with E-state index in [9.17, 15) is 0 Å². The fourth-order valence-corrected chi connectivity index (χ4v) is 6.54. The van der Waals surface area contributed by atoms with Crippen LogP contribution in [0.2, 0.25) is 0 Å². The molecule has 3 nitrogen and oxygen atoms in total. The minimum absolute atomic E-state index is 0.838. The Balaban J connectivity index is 1.18. The van der Waals surface area contributed by atoms with Gasteiger partial charge in [0.2, 0.25) is 0 Å². The number of para-hydroxylation sites is 1. The molecule has 0 amide bonds. The molecule has 0 bridgehead atoms. The van der Waals surface area contributed by atoms with Crippen LogP contribution in [0.15, 0.2) is 173 Å². The Hall–Kier alpha value is -6.06. The summed E-state index contributed by atoms with van der Waals surface area (Å²) in [7, 11) is 0. The molecule has 0 N–H and O–H groups in total. The Kier molecular flexibility index (Phi) is 5.82. The summed E-state index contributed by atoms with van der Waals surface area (Å²) in [6.07, 6.45) is 0. The standard InChI is InChI=1S/C42H27NO2/c1-4-11-28(12-5-1)29-19-21-32(22-20-29)43(31-15-8-3-9-16-31)33-23-24-35-36-26-41-37(27-40(36)45-39(35)25-33)42-34(17-10-18-38(42)44-41)30-13-6-2-7-14-30/h1-27H. The molecule has 2 aromatic heterocycles. The molecule has 0 spiro atoms. The molecule has 0 aliphatic carbocycles. The van der Waals surface area contributed by atoms with Gasteiger partial charge in [0.15, 0.2) is 0 Å². The van der Waals surface area contributed by atoms with Gasteiger partial charge in [0, 0.05) is 44.7 Å². The third-order valence-electron chi connectivity index (χ3n) is 8.66. The highest BCUT2D eigenvalue weighted by atomic mass is 16.3. The Bertz CT molecular complexity index is 2460. The van der Waals surface area contributed by atoms with E-state index in [2.05, 4.69) is 144 Å². The zero-order valence-electron chi connectivity index (χ0n) is 24.4. The molecule has 2 heterocycles. The van der Waals surface area contributed by atoms with E-state index in [0.29, 0.717) is 0 Å². The number of rotatable bonds is 5. The molecule has 0 aliphatic heterocycles. The van der Waals surface area contributed by atoms with Crippen LogP contribution in [-0.2, 0) is 0 Å². The maximum atomic E-state index is 6.60. The minimum Gasteiger partial charge on any atom is -0.456 e. The van der Waals surface area contributed by atoms with E-state index in [1.807, 2.05) is 24.3 Å². The first-order valence-electron chi connectivity index (χ1n) is 15.2. The first-order valence-corrected chi connectivity index (χ1v) is 15.2. The Morgan fingerprint density at radius 3 is 1.64 bits per heavy atom. The Morgan fingerprint density at radius 1 is 0.333 bits per heavy atom. The van der Waals surface area contributed by atoms with E-state index >= 15 is 0 Å². The second kappa shape index (κ2) is 10.3. The molecule has 212 valence electrons. The molecule has 7 aromatic carbocycles. The van der Waals surface area contributed by atoms with Gasteiger partial charge in [-0.1, -0.05) is 103 Å². The number of hydrogen-bond donors (Lipinski definition) is 0. The predicted octanol–water partition coefficient (Wildman–Crippen LogP) is 12.3. The average Bonchev–Trinajstić information content (AvgIpc) is 3.65. The van der Waals surface area contributed by atoms with E-state index in [0.717, 1.165) is 72.1 Å². The molecule has 45 heavy (non-hydrogen) atoms. The monoisotopic (exact) mass is 577 g/mol. The van der Waals surface area contributed by atoms with Gasteiger partial charge in [-0.25, -0.2) is 0 Å². The van der Waals surface area contributed by atoms with E-state index in [1.54, 1.807) is 0 Å². The average molecular weight is 578 g/mol. The zero-order valence-corrected chi connectivity index (χ0v) is 24.4. The lowest BCUT2D eigenvalue weighted by atomic mass is 9.99. The number of fused-ring (bicyclic) bond motifs is 6. The first-order chi connectivity index (χ1) is 22.3. The summed E-state index contributed by atoms with van der Waals surface area (Å²) < 4.78 is 13.0. The summed E-state index contributed by atoms with van der Waals surface area (Å²) in [5.74, 6) is 0. The van der Waals surface area contributed by atoms with Crippen molar-refractivity contribution in [1.82, 2.24) is 0 Å². The molecule has 0 unspecified atom stereocenters. The van der Waals surface area contributed by atoms with Crippen molar-refractivity contribution in [3.8, 4) is 22.3 Å². The molecule has 9 aromatic rings. The van der Waals surface area contributed by atoms with Gasteiger partial charge < -0.3 is 13.7 Å². The first kappa shape index (κ1) is 25.4. The van der Waals surface area contributed by atoms with Gasteiger partial charge in [-0.3, -0.25) is 0 Å². The normalized spacial score (nSPS) is 11.6. The summed E-state index contributed by atoms with van der Waals surface area (Å²) in [5, 5.41) is 4.27. The number of furan rings is 2. The summed E-state index contributed by atoms with van der Waals surface area (Å²) in [4.78, 5) is 2.27. The third-order valence-corrected chi connectivity index (χ3v) is 8.66. The van der Waals surface area contributed by atoms with Gasteiger partial charge in [-0.15, -0.1) is 0 Å². The van der Waals surface area contributed by atoms with Crippen LogP contribution >= 0.6 is 0 Å².